The maximum atomic E-state index is 10.6. The number of rotatable bonds is 7. The average molecular weight is 370 g/mol. The predicted octanol–water partition coefficient (Wildman–Crippen LogP) is 4.17. The number of carboxylic acid groups (broad SMARTS) is 1. The quantitative estimate of drug-likeness (QED) is 0.769. The lowest BCUT2D eigenvalue weighted by molar-refractivity contribution is 0.194. The van der Waals surface area contributed by atoms with Crippen LogP contribution in [-0.2, 0) is 25.8 Å². The number of aromatic nitrogens is 2. The van der Waals surface area contributed by atoms with Crippen LogP contribution in [0.25, 0.3) is 0 Å². The number of nitrogens with zero attached hydrogens (tertiary/aromatic N) is 2. The van der Waals surface area contributed by atoms with Crippen LogP contribution in [0, 0.1) is 0 Å². The molecule has 130 valence electrons. The molecular formula is C17H21Cl2N3O2. The molecule has 0 saturated heterocycles. The number of benzene rings is 1. The second-order valence-corrected chi connectivity index (χ2v) is 6.36. The van der Waals surface area contributed by atoms with Gasteiger partial charge in [0.15, 0.2) is 0 Å². The summed E-state index contributed by atoms with van der Waals surface area (Å²) < 4.78 is 1.90. The van der Waals surface area contributed by atoms with Gasteiger partial charge in [0.1, 0.15) is 0 Å². The molecular weight excluding hydrogens is 349 g/mol. The number of nitrogens with one attached hydrogen (secondary N) is 1. The number of amides is 1. The maximum Gasteiger partial charge on any atom is 0.404 e. The Hall–Kier alpha value is -1.72. The van der Waals surface area contributed by atoms with E-state index in [4.69, 9.17) is 28.3 Å². The predicted molar refractivity (Wildman–Crippen MR) is 96.3 cm³/mol. The van der Waals surface area contributed by atoms with E-state index in [-0.39, 0.29) is 0 Å². The fourth-order valence-electron chi connectivity index (χ4n) is 2.84. The molecule has 1 aromatic carbocycles. The highest BCUT2D eigenvalue weighted by Crippen LogP contribution is 2.25. The van der Waals surface area contributed by atoms with Gasteiger partial charge in [0.25, 0.3) is 0 Å². The summed E-state index contributed by atoms with van der Waals surface area (Å²) in [6, 6.07) is 5.54. The minimum atomic E-state index is -1.02. The number of carbonyl (C=O) groups is 1. The van der Waals surface area contributed by atoms with Crippen molar-refractivity contribution in [2.24, 2.45) is 0 Å². The van der Waals surface area contributed by atoms with Crippen molar-refractivity contribution in [3.8, 4) is 0 Å². The van der Waals surface area contributed by atoms with E-state index in [1.807, 2.05) is 16.8 Å². The van der Waals surface area contributed by atoms with Gasteiger partial charge in [-0.05, 0) is 36.6 Å². The first-order valence-electron chi connectivity index (χ1n) is 7.93. The van der Waals surface area contributed by atoms with E-state index in [0.29, 0.717) is 29.6 Å². The topological polar surface area (TPSA) is 67.2 Å². The van der Waals surface area contributed by atoms with Gasteiger partial charge in [-0.15, -0.1) is 0 Å². The summed E-state index contributed by atoms with van der Waals surface area (Å²) in [6.45, 7) is 4.98. The molecule has 0 aliphatic heterocycles. The smallest absolute Gasteiger partial charge is 0.404 e. The lowest BCUT2D eigenvalue weighted by Crippen LogP contribution is -2.26. The van der Waals surface area contributed by atoms with E-state index in [1.54, 1.807) is 6.07 Å². The molecule has 2 rings (SSSR count). The Kier molecular flexibility index (Phi) is 6.52. The van der Waals surface area contributed by atoms with Crippen LogP contribution in [0.1, 0.15) is 36.4 Å². The Morgan fingerprint density at radius 3 is 2.42 bits per heavy atom. The molecule has 7 heteroatoms. The van der Waals surface area contributed by atoms with Crippen molar-refractivity contribution in [1.82, 2.24) is 15.1 Å². The van der Waals surface area contributed by atoms with E-state index in [0.717, 1.165) is 29.8 Å². The SMILES string of the molecule is CCc1nn(CCNC(=O)O)c(CC)c1Cc1cc(Cl)cc(Cl)c1. The molecule has 5 nitrogen and oxygen atoms in total. The van der Waals surface area contributed by atoms with Gasteiger partial charge in [0.2, 0.25) is 0 Å². The van der Waals surface area contributed by atoms with Crippen LogP contribution in [0.15, 0.2) is 18.2 Å². The minimum Gasteiger partial charge on any atom is -0.465 e. The molecule has 0 unspecified atom stereocenters. The maximum absolute atomic E-state index is 10.6. The normalized spacial score (nSPS) is 10.8. The highest BCUT2D eigenvalue weighted by Gasteiger charge is 2.16. The monoisotopic (exact) mass is 369 g/mol. The first-order valence-corrected chi connectivity index (χ1v) is 8.69. The molecule has 1 amide bonds. The summed E-state index contributed by atoms with van der Waals surface area (Å²) in [5, 5.41) is 17.0. The summed E-state index contributed by atoms with van der Waals surface area (Å²) in [4.78, 5) is 10.6. The fourth-order valence-corrected chi connectivity index (χ4v) is 3.41. The third-order valence-electron chi connectivity index (χ3n) is 3.82. The Labute approximate surface area is 151 Å². The third-order valence-corrected chi connectivity index (χ3v) is 4.26. The Morgan fingerprint density at radius 1 is 1.21 bits per heavy atom. The van der Waals surface area contributed by atoms with Gasteiger partial charge in [0, 0.05) is 34.3 Å². The summed E-state index contributed by atoms with van der Waals surface area (Å²) in [6.07, 6.45) is 1.32. The zero-order valence-corrected chi connectivity index (χ0v) is 15.3. The number of hydrogen-bond donors (Lipinski definition) is 2. The van der Waals surface area contributed by atoms with Crippen LogP contribution in [-0.4, -0.2) is 27.5 Å². The van der Waals surface area contributed by atoms with Crippen molar-refractivity contribution in [3.05, 3.63) is 50.8 Å². The van der Waals surface area contributed by atoms with Crippen LogP contribution in [0.2, 0.25) is 10.0 Å². The highest BCUT2D eigenvalue weighted by molar-refractivity contribution is 6.34. The first kappa shape index (κ1) is 18.6. The zero-order valence-electron chi connectivity index (χ0n) is 13.8. The third kappa shape index (κ3) is 4.65. The van der Waals surface area contributed by atoms with Gasteiger partial charge in [-0.1, -0.05) is 37.0 Å². The Balaban J connectivity index is 2.30. The standard InChI is InChI=1S/C17H21Cl2N3O2/c1-3-15-14(9-11-7-12(18)10-13(19)8-11)16(4-2)22(21-15)6-5-20-17(23)24/h7-8,10,20H,3-6,9H2,1-2H3,(H,23,24). The second-order valence-electron chi connectivity index (χ2n) is 5.49. The van der Waals surface area contributed by atoms with Gasteiger partial charge in [-0.2, -0.15) is 5.10 Å². The summed E-state index contributed by atoms with van der Waals surface area (Å²) in [5.41, 5.74) is 4.36. The summed E-state index contributed by atoms with van der Waals surface area (Å²) in [7, 11) is 0. The molecule has 0 saturated carbocycles. The van der Waals surface area contributed by atoms with Crippen molar-refractivity contribution in [1.29, 1.82) is 0 Å². The van der Waals surface area contributed by atoms with E-state index in [2.05, 4.69) is 24.3 Å². The minimum absolute atomic E-state index is 0.329. The molecule has 0 fully saturated rings. The molecule has 1 heterocycles. The van der Waals surface area contributed by atoms with E-state index < -0.39 is 6.09 Å². The molecule has 0 atom stereocenters. The molecule has 1 aromatic heterocycles. The molecule has 0 radical (unpaired) electrons. The highest BCUT2D eigenvalue weighted by atomic mass is 35.5. The molecule has 0 aliphatic carbocycles. The van der Waals surface area contributed by atoms with Crippen molar-refractivity contribution in [3.63, 3.8) is 0 Å². The molecule has 0 spiro atoms. The second kappa shape index (κ2) is 8.40. The van der Waals surface area contributed by atoms with Crippen LogP contribution < -0.4 is 5.32 Å². The van der Waals surface area contributed by atoms with Crippen molar-refractivity contribution >= 4 is 29.3 Å². The zero-order chi connectivity index (χ0) is 17.7. The molecule has 0 bridgehead atoms. The number of halogens is 2. The van der Waals surface area contributed by atoms with Gasteiger partial charge in [-0.25, -0.2) is 4.79 Å². The van der Waals surface area contributed by atoms with Crippen molar-refractivity contribution < 1.29 is 9.90 Å². The molecule has 2 N–H and O–H groups in total. The van der Waals surface area contributed by atoms with Gasteiger partial charge >= 0.3 is 6.09 Å². The fraction of sp³-hybridized carbons (Fsp3) is 0.412. The van der Waals surface area contributed by atoms with Crippen molar-refractivity contribution in [2.45, 2.75) is 39.7 Å². The lowest BCUT2D eigenvalue weighted by atomic mass is 10.0. The van der Waals surface area contributed by atoms with Crippen LogP contribution in [0.3, 0.4) is 0 Å². The Morgan fingerprint density at radius 2 is 1.88 bits per heavy atom. The largest absolute Gasteiger partial charge is 0.465 e. The number of aryl methyl sites for hydroxylation is 1. The summed E-state index contributed by atoms with van der Waals surface area (Å²) in [5.74, 6) is 0. The molecule has 2 aromatic rings. The van der Waals surface area contributed by atoms with Gasteiger partial charge in [0.05, 0.1) is 12.2 Å². The summed E-state index contributed by atoms with van der Waals surface area (Å²) >= 11 is 12.2. The molecule has 0 aliphatic rings. The van der Waals surface area contributed by atoms with Gasteiger partial charge < -0.3 is 10.4 Å². The van der Waals surface area contributed by atoms with E-state index in [9.17, 15) is 4.79 Å². The Bertz CT molecular complexity index is 709. The van der Waals surface area contributed by atoms with Crippen LogP contribution in [0.5, 0.6) is 0 Å². The van der Waals surface area contributed by atoms with Crippen LogP contribution in [0.4, 0.5) is 4.79 Å². The average Bonchev–Trinajstić information content (AvgIpc) is 2.82. The van der Waals surface area contributed by atoms with Crippen LogP contribution >= 0.6 is 23.2 Å². The van der Waals surface area contributed by atoms with Crippen molar-refractivity contribution in [2.75, 3.05) is 6.54 Å². The first-order chi connectivity index (χ1) is 11.4. The lowest BCUT2D eigenvalue weighted by Gasteiger charge is -2.09. The molecule has 24 heavy (non-hydrogen) atoms. The number of hydrogen-bond acceptors (Lipinski definition) is 2. The van der Waals surface area contributed by atoms with E-state index >= 15 is 0 Å². The van der Waals surface area contributed by atoms with Gasteiger partial charge in [-0.3, -0.25) is 4.68 Å². The van der Waals surface area contributed by atoms with E-state index in [1.165, 1.54) is 5.56 Å².